The third kappa shape index (κ3) is 3.28. The van der Waals surface area contributed by atoms with Crippen LogP contribution in [0.3, 0.4) is 0 Å². The Labute approximate surface area is 108 Å². The summed E-state index contributed by atoms with van der Waals surface area (Å²) in [7, 11) is 0. The van der Waals surface area contributed by atoms with Crippen molar-refractivity contribution in [1.29, 1.82) is 0 Å². The molecule has 88 valence electrons. The van der Waals surface area contributed by atoms with Crippen LogP contribution in [0.25, 0.3) is 0 Å². The topological polar surface area (TPSA) is 42.0 Å². The first-order valence-corrected chi connectivity index (χ1v) is 6.44. The molecule has 0 saturated carbocycles. The summed E-state index contributed by atoms with van der Waals surface area (Å²) in [4.78, 5) is 15.9. The molecule has 0 aliphatic heterocycles. The van der Waals surface area contributed by atoms with Crippen molar-refractivity contribution in [1.82, 2.24) is 10.3 Å². The van der Waals surface area contributed by atoms with Gasteiger partial charge in [-0.05, 0) is 12.1 Å². The molecular weight excluding hydrogens is 256 g/mol. The zero-order valence-electron chi connectivity index (χ0n) is 9.02. The van der Waals surface area contributed by atoms with Crippen molar-refractivity contribution < 1.29 is 4.79 Å². The summed E-state index contributed by atoms with van der Waals surface area (Å²) in [5, 5.41) is 6.23. The molecule has 0 aliphatic carbocycles. The fraction of sp³-hybridized carbons (Fsp3) is 0.167. The van der Waals surface area contributed by atoms with Crippen molar-refractivity contribution in [2.75, 3.05) is 6.54 Å². The number of halogens is 1. The molecule has 1 amide bonds. The highest BCUT2D eigenvalue weighted by atomic mass is 35.5. The molecule has 1 aromatic heterocycles. The van der Waals surface area contributed by atoms with Gasteiger partial charge in [0, 0.05) is 24.5 Å². The molecule has 0 fully saturated rings. The lowest BCUT2D eigenvalue weighted by Crippen LogP contribution is -2.25. The lowest BCUT2D eigenvalue weighted by atomic mass is 10.2. The molecule has 0 spiro atoms. The number of thiazole rings is 1. The van der Waals surface area contributed by atoms with Crippen LogP contribution in [0.15, 0.2) is 35.8 Å². The van der Waals surface area contributed by atoms with Crippen molar-refractivity contribution in [2.24, 2.45) is 0 Å². The number of nitrogens with one attached hydrogen (secondary N) is 1. The van der Waals surface area contributed by atoms with Gasteiger partial charge in [0.2, 0.25) is 0 Å². The van der Waals surface area contributed by atoms with E-state index in [4.69, 9.17) is 11.6 Å². The number of hydrogen-bond donors (Lipinski definition) is 1. The Kier molecular flexibility index (Phi) is 4.12. The minimum absolute atomic E-state index is 0.146. The highest BCUT2D eigenvalue weighted by molar-refractivity contribution is 7.09. The fourth-order valence-electron chi connectivity index (χ4n) is 1.40. The summed E-state index contributed by atoms with van der Waals surface area (Å²) in [6, 6.07) is 7.01. The van der Waals surface area contributed by atoms with Gasteiger partial charge in [-0.1, -0.05) is 23.7 Å². The van der Waals surface area contributed by atoms with Gasteiger partial charge < -0.3 is 5.32 Å². The maximum absolute atomic E-state index is 11.8. The first-order chi connectivity index (χ1) is 8.27. The number of carbonyl (C=O) groups excluding carboxylic acids is 1. The first-order valence-electron chi connectivity index (χ1n) is 5.18. The molecule has 3 nitrogen and oxygen atoms in total. The summed E-state index contributed by atoms with van der Waals surface area (Å²) < 4.78 is 0. The van der Waals surface area contributed by atoms with Crippen molar-refractivity contribution in [2.45, 2.75) is 6.42 Å². The van der Waals surface area contributed by atoms with Crippen molar-refractivity contribution >= 4 is 28.8 Å². The second-order valence-corrected chi connectivity index (χ2v) is 4.80. The molecular formula is C12H11ClN2OS. The normalized spacial score (nSPS) is 10.2. The second-order valence-electron chi connectivity index (χ2n) is 3.41. The third-order valence-electron chi connectivity index (χ3n) is 2.23. The van der Waals surface area contributed by atoms with E-state index in [-0.39, 0.29) is 5.91 Å². The molecule has 0 bridgehead atoms. The Hall–Kier alpha value is -1.39. The van der Waals surface area contributed by atoms with Crippen molar-refractivity contribution in [3.05, 3.63) is 51.4 Å². The van der Waals surface area contributed by atoms with E-state index in [0.29, 0.717) is 17.1 Å². The summed E-state index contributed by atoms with van der Waals surface area (Å²) in [5.74, 6) is -0.146. The molecule has 0 radical (unpaired) electrons. The Morgan fingerprint density at radius 3 is 2.94 bits per heavy atom. The SMILES string of the molecule is O=C(NCCc1nccs1)c1ccccc1Cl. The molecule has 17 heavy (non-hydrogen) atoms. The van der Waals surface area contributed by atoms with E-state index in [1.54, 1.807) is 41.8 Å². The molecule has 0 saturated heterocycles. The number of nitrogens with zero attached hydrogens (tertiary/aromatic N) is 1. The van der Waals surface area contributed by atoms with Crippen LogP contribution in [0.5, 0.6) is 0 Å². The summed E-state index contributed by atoms with van der Waals surface area (Å²) in [6.07, 6.45) is 2.50. The van der Waals surface area contributed by atoms with Crippen LogP contribution < -0.4 is 5.32 Å². The number of amides is 1. The molecule has 2 rings (SSSR count). The maximum Gasteiger partial charge on any atom is 0.252 e. The van der Waals surface area contributed by atoms with Gasteiger partial charge in [-0.2, -0.15) is 0 Å². The van der Waals surface area contributed by atoms with Crippen molar-refractivity contribution in [3.8, 4) is 0 Å². The summed E-state index contributed by atoms with van der Waals surface area (Å²) in [6.45, 7) is 0.567. The van der Waals surface area contributed by atoms with E-state index in [1.165, 1.54) is 0 Å². The molecule has 1 heterocycles. The predicted octanol–water partition coefficient (Wildman–Crippen LogP) is 2.77. The zero-order valence-corrected chi connectivity index (χ0v) is 10.6. The van der Waals surface area contributed by atoms with Gasteiger partial charge in [-0.3, -0.25) is 4.79 Å². The third-order valence-corrected chi connectivity index (χ3v) is 3.40. The van der Waals surface area contributed by atoms with E-state index < -0.39 is 0 Å². The van der Waals surface area contributed by atoms with Gasteiger partial charge >= 0.3 is 0 Å². The van der Waals surface area contributed by atoms with E-state index in [1.807, 2.05) is 5.38 Å². The average molecular weight is 267 g/mol. The standard InChI is InChI=1S/C12H11ClN2OS/c13-10-4-2-1-3-9(10)12(16)15-6-5-11-14-7-8-17-11/h1-4,7-8H,5-6H2,(H,15,16). The van der Waals surface area contributed by atoms with Gasteiger partial charge in [0.25, 0.3) is 5.91 Å². The molecule has 1 N–H and O–H groups in total. The fourth-order valence-corrected chi connectivity index (χ4v) is 2.24. The minimum atomic E-state index is -0.146. The van der Waals surface area contributed by atoms with Crippen LogP contribution in [0.2, 0.25) is 5.02 Å². The smallest absolute Gasteiger partial charge is 0.252 e. The minimum Gasteiger partial charge on any atom is -0.352 e. The number of aromatic nitrogens is 1. The Morgan fingerprint density at radius 2 is 2.24 bits per heavy atom. The van der Waals surface area contributed by atoms with Crippen LogP contribution in [0, 0.1) is 0 Å². The lowest BCUT2D eigenvalue weighted by molar-refractivity contribution is 0.0954. The zero-order chi connectivity index (χ0) is 12.1. The van der Waals surface area contributed by atoms with E-state index in [0.717, 1.165) is 11.4 Å². The van der Waals surface area contributed by atoms with Gasteiger partial charge in [0.15, 0.2) is 0 Å². The van der Waals surface area contributed by atoms with Crippen LogP contribution in [0.1, 0.15) is 15.4 Å². The van der Waals surface area contributed by atoms with Gasteiger partial charge in [-0.25, -0.2) is 4.98 Å². The predicted molar refractivity (Wildman–Crippen MR) is 69.6 cm³/mol. The number of hydrogen-bond acceptors (Lipinski definition) is 3. The Bertz CT molecular complexity index is 499. The van der Waals surface area contributed by atoms with Gasteiger partial charge in [0.05, 0.1) is 15.6 Å². The van der Waals surface area contributed by atoms with Gasteiger partial charge in [-0.15, -0.1) is 11.3 Å². The quantitative estimate of drug-likeness (QED) is 0.925. The number of benzene rings is 1. The molecule has 0 atom stereocenters. The maximum atomic E-state index is 11.8. The second kappa shape index (κ2) is 5.80. The van der Waals surface area contributed by atoms with Crippen LogP contribution in [-0.2, 0) is 6.42 Å². The average Bonchev–Trinajstić information content (AvgIpc) is 2.82. The van der Waals surface area contributed by atoms with Crippen molar-refractivity contribution in [3.63, 3.8) is 0 Å². The summed E-state index contributed by atoms with van der Waals surface area (Å²) >= 11 is 7.51. The molecule has 2 aromatic rings. The Morgan fingerprint density at radius 1 is 1.41 bits per heavy atom. The number of carbonyl (C=O) groups is 1. The molecule has 0 aliphatic rings. The molecule has 0 unspecified atom stereocenters. The lowest BCUT2D eigenvalue weighted by Gasteiger charge is -2.05. The van der Waals surface area contributed by atoms with Crippen LogP contribution in [-0.4, -0.2) is 17.4 Å². The highest BCUT2D eigenvalue weighted by Crippen LogP contribution is 2.14. The molecule has 1 aromatic carbocycles. The van der Waals surface area contributed by atoms with Crippen LogP contribution in [0.4, 0.5) is 0 Å². The van der Waals surface area contributed by atoms with E-state index >= 15 is 0 Å². The first kappa shape index (κ1) is 12.1. The van der Waals surface area contributed by atoms with E-state index in [9.17, 15) is 4.79 Å². The van der Waals surface area contributed by atoms with Crippen LogP contribution >= 0.6 is 22.9 Å². The molecule has 5 heteroatoms. The Balaban J connectivity index is 1.88. The van der Waals surface area contributed by atoms with Gasteiger partial charge in [0.1, 0.15) is 0 Å². The number of rotatable bonds is 4. The highest BCUT2D eigenvalue weighted by Gasteiger charge is 2.08. The largest absolute Gasteiger partial charge is 0.352 e. The summed E-state index contributed by atoms with van der Waals surface area (Å²) in [5.41, 5.74) is 0.508. The monoisotopic (exact) mass is 266 g/mol. The van der Waals surface area contributed by atoms with E-state index in [2.05, 4.69) is 10.3 Å².